The van der Waals surface area contributed by atoms with E-state index in [0.717, 1.165) is 11.4 Å². The van der Waals surface area contributed by atoms with Gasteiger partial charge in [0.1, 0.15) is 0 Å². The summed E-state index contributed by atoms with van der Waals surface area (Å²) in [6.45, 7) is 8.76. The van der Waals surface area contributed by atoms with E-state index in [1.165, 1.54) is 11.8 Å². The van der Waals surface area contributed by atoms with Crippen LogP contribution in [0.15, 0.2) is 34.0 Å². The predicted molar refractivity (Wildman–Crippen MR) is 124 cm³/mol. The molecular weight excluding hydrogens is 448 g/mol. The first-order valence-corrected chi connectivity index (χ1v) is 13.5. The van der Waals surface area contributed by atoms with Crippen molar-refractivity contribution in [3.05, 3.63) is 41.4 Å². The van der Waals surface area contributed by atoms with Crippen molar-refractivity contribution in [1.82, 2.24) is 19.3 Å². The standard InChI is InChI=1S/C22H28N4O4S2/c1-14(2)11-25-21(20-6-5-8-30-20)23-24-22(25)31-12-19(27)18-10-15(3)26(16(18)4)17-7-9-32(28,29)13-17/h5-6,8,10,14,17H,7,9,11-13H2,1-4H3. The Hall–Kier alpha value is -2.33. The molecule has 3 aromatic heterocycles. The van der Waals surface area contributed by atoms with Gasteiger partial charge in [0.15, 0.2) is 32.4 Å². The average Bonchev–Trinajstić information content (AvgIpc) is 3.48. The lowest BCUT2D eigenvalue weighted by Gasteiger charge is -2.16. The van der Waals surface area contributed by atoms with E-state index in [-0.39, 0.29) is 29.1 Å². The van der Waals surface area contributed by atoms with Crippen molar-refractivity contribution in [2.75, 3.05) is 17.3 Å². The SMILES string of the molecule is Cc1cc(C(=O)CSc2nnc(-c3ccco3)n2CC(C)C)c(C)n1C1CCS(=O)(=O)C1. The molecule has 1 unspecified atom stereocenters. The number of hydrogen-bond acceptors (Lipinski definition) is 7. The fourth-order valence-corrected chi connectivity index (χ4v) is 6.85. The van der Waals surface area contributed by atoms with Gasteiger partial charge < -0.3 is 8.98 Å². The van der Waals surface area contributed by atoms with Gasteiger partial charge in [0.05, 0.1) is 23.5 Å². The summed E-state index contributed by atoms with van der Waals surface area (Å²) in [5.74, 6) is 2.23. The number of nitrogens with zero attached hydrogens (tertiary/aromatic N) is 4. The summed E-state index contributed by atoms with van der Waals surface area (Å²) in [5, 5.41) is 9.27. The second kappa shape index (κ2) is 8.90. The maximum atomic E-state index is 13.1. The molecule has 0 aliphatic carbocycles. The monoisotopic (exact) mass is 476 g/mol. The molecule has 0 amide bonds. The largest absolute Gasteiger partial charge is 0.461 e. The molecule has 172 valence electrons. The molecule has 1 aliphatic heterocycles. The Morgan fingerprint density at radius 1 is 1.31 bits per heavy atom. The molecule has 1 aliphatic rings. The highest BCUT2D eigenvalue weighted by molar-refractivity contribution is 7.99. The molecule has 1 atom stereocenters. The first-order chi connectivity index (χ1) is 15.2. The third-order valence-electron chi connectivity index (χ3n) is 5.70. The molecule has 1 fully saturated rings. The Morgan fingerprint density at radius 3 is 2.72 bits per heavy atom. The number of hydrogen-bond donors (Lipinski definition) is 0. The Morgan fingerprint density at radius 2 is 2.09 bits per heavy atom. The normalized spacial score (nSPS) is 18.0. The fourth-order valence-electron chi connectivity index (χ4n) is 4.32. The van der Waals surface area contributed by atoms with Gasteiger partial charge in [-0.2, -0.15) is 0 Å². The molecular formula is C22H28N4O4S2. The maximum Gasteiger partial charge on any atom is 0.200 e. The summed E-state index contributed by atoms with van der Waals surface area (Å²) in [5.41, 5.74) is 2.39. The number of carbonyl (C=O) groups is 1. The first kappa shape index (κ1) is 22.8. The van der Waals surface area contributed by atoms with Crippen LogP contribution in [0.2, 0.25) is 0 Å². The number of furan rings is 1. The molecule has 3 aromatic rings. The van der Waals surface area contributed by atoms with Gasteiger partial charge in [-0.15, -0.1) is 10.2 Å². The van der Waals surface area contributed by atoms with Gasteiger partial charge in [-0.05, 0) is 44.4 Å². The van der Waals surface area contributed by atoms with Crippen LogP contribution in [0, 0.1) is 19.8 Å². The van der Waals surface area contributed by atoms with E-state index in [4.69, 9.17) is 4.42 Å². The minimum absolute atomic E-state index is 0.00569. The number of Topliss-reactive ketones (excluding diaryl/α,β-unsaturated/α-hetero) is 1. The summed E-state index contributed by atoms with van der Waals surface area (Å²) in [7, 11) is -3.00. The highest BCUT2D eigenvalue weighted by Gasteiger charge is 2.31. The van der Waals surface area contributed by atoms with Crippen LogP contribution in [-0.2, 0) is 16.4 Å². The van der Waals surface area contributed by atoms with Crippen molar-refractivity contribution in [3.8, 4) is 11.6 Å². The molecule has 1 saturated heterocycles. The zero-order valence-corrected chi connectivity index (χ0v) is 20.4. The molecule has 8 nitrogen and oxygen atoms in total. The van der Waals surface area contributed by atoms with E-state index in [0.29, 0.717) is 41.2 Å². The Balaban J connectivity index is 1.53. The number of aryl methyl sites for hydroxylation is 1. The zero-order chi connectivity index (χ0) is 23.0. The molecule has 0 spiro atoms. The second-order valence-electron chi connectivity index (χ2n) is 8.71. The van der Waals surface area contributed by atoms with Gasteiger partial charge in [-0.1, -0.05) is 25.6 Å². The lowest BCUT2D eigenvalue weighted by atomic mass is 10.2. The topological polar surface area (TPSA) is 100.0 Å². The smallest absolute Gasteiger partial charge is 0.200 e. The molecule has 0 radical (unpaired) electrons. The summed E-state index contributed by atoms with van der Waals surface area (Å²) >= 11 is 1.36. The van der Waals surface area contributed by atoms with E-state index in [2.05, 4.69) is 24.0 Å². The molecule has 4 heterocycles. The molecule has 4 rings (SSSR count). The Bertz CT molecular complexity index is 1220. The minimum atomic E-state index is -3.00. The average molecular weight is 477 g/mol. The lowest BCUT2D eigenvalue weighted by molar-refractivity contribution is 0.102. The predicted octanol–water partition coefficient (Wildman–Crippen LogP) is 3.95. The quantitative estimate of drug-likeness (QED) is 0.358. The van der Waals surface area contributed by atoms with Crippen LogP contribution in [0.1, 0.15) is 48.1 Å². The molecule has 0 bridgehead atoms. The van der Waals surface area contributed by atoms with Crippen LogP contribution >= 0.6 is 11.8 Å². The maximum absolute atomic E-state index is 13.1. The van der Waals surface area contributed by atoms with Crippen molar-refractivity contribution in [2.45, 2.75) is 51.9 Å². The number of carbonyl (C=O) groups excluding carboxylic acids is 1. The molecule has 10 heteroatoms. The minimum Gasteiger partial charge on any atom is -0.461 e. The van der Waals surface area contributed by atoms with Gasteiger partial charge in [0.2, 0.25) is 0 Å². The number of sulfone groups is 1. The van der Waals surface area contributed by atoms with Crippen LogP contribution in [0.5, 0.6) is 0 Å². The highest BCUT2D eigenvalue weighted by atomic mass is 32.2. The van der Waals surface area contributed by atoms with E-state index in [1.54, 1.807) is 6.26 Å². The van der Waals surface area contributed by atoms with Gasteiger partial charge in [0.25, 0.3) is 0 Å². The van der Waals surface area contributed by atoms with Crippen molar-refractivity contribution >= 4 is 27.4 Å². The molecule has 0 aromatic carbocycles. The fraction of sp³-hybridized carbons (Fsp3) is 0.500. The zero-order valence-electron chi connectivity index (χ0n) is 18.7. The van der Waals surface area contributed by atoms with Gasteiger partial charge in [0, 0.05) is 29.5 Å². The Kier molecular flexibility index (Phi) is 6.35. The van der Waals surface area contributed by atoms with E-state index in [9.17, 15) is 13.2 Å². The van der Waals surface area contributed by atoms with Gasteiger partial charge in [-0.25, -0.2) is 8.42 Å². The highest BCUT2D eigenvalue weighted by Crippen LogP contribution is 2.31. The summed E-state index contributed by atoms with van der Waals surface area (Å²) in [4.78, 5) is 13.1. The van der Waals surface area contributed by atoms with Crippen LogP contribution in [-0.4, -0.2) is 50.8 Å². The summed E-state index contributed by atoms with van der Waals surface area (Å²) < 4.78 is 33.4. The Labute approximate surface area is 192 Å². The van der Waals surface area contributed by atoms with E-state index >= 15 is 0 Å². The van der Waals surface area contributed by atoms with Crippen molar-refractivity contribution < 1.29 is 17.6 Å². The van der Waals surface area contributed by atoms with E-state index in [1.807, 2.05) is 41.2 Å². The molecule has 0 saturated carbocycles. The third-order valence-corrected chi connectivity index (χ3v) is 8.41. The molecule has 0 N–H and O–H groups in total. The van der Waals surface area contributed by atoms with Crippen LogP contribution in [0.3, 0.4) is 0 Å². The lowest BCUT2D eigenvalue weighted by Crippen LogP contribution is -2.14. The van der Waals surface area contributed by atoms with Crippen molar-refractivity contribution in [2.24, 2.45) is 5.92 Å². The number of aromatic nitrogens is 4. The first-order valence-electron chi connectivity index (χ1n) is 10.7. The third kappa shape index (κ3) is 4.56. The number of thioether (sulfide) groups is 1. The van der Waals surface area contributed by atoms with Crippen LogP contribution < -0.4 is 0 Å². The number of rotatable bonds is 8. The van der Waals surface area contributed by atoms with Crippen molar-refractivity contribution in [1.29, 1.82) is 0 Å². The van der Waals surface area contributed by atoms with Crippen LogP contribution in [0.4, 0.5) is 0 Å². The van der Waals surface area contributed by atoms with Gasteiger partial charge >= 0.3 is 0 Å². The van der Waals surface area contributed by atoms with Crippen molar-refractivity contribution in [3.63, 3.8) is 0 Å². The van der Waals surface area contributed by atoms with E-state index < -0.39 is 9.84 Å². The second-order valence-corrected chi connectivity index (χ2v) is 11.9. The summed E-state index contributed by atoms with van der Waals surface area (Å²) in [6.07, 6.45) is 2.19. The summed E-state index contributed by atoms with van der Waals surface area (Å²) in [6, 6.07) is 5.43. The molecule has 32 heavy (non-hydrogen) atoms. The van der Waals surface area contributed by atoms with Crippen LogP contribution in [0.25, 0.3) is 11.6 Å². The number of ketones is 1. The van der Waals surface area contributed by atoms with Gasteiger partial charge in [-0.3, -0.25) is 9.36 Å².